The van der Waals surface area contributed by atoms with Crippen molar-refractivity contribution in [2.75, 3.05) is 18.9 Å². The third-order valence-corrected chi connectivity index (χ3v) is 4.65. The van der Waals surface area contributed by atoms with Gasteiger partial charge in [0.2, 0.25) is 0 Å². The number of thioether (sulfide) groups is 1. The van der Waals surface area contributed by atoms with E-state index in [0.717, 1.165) is 17.3 Å². The number of nitro groups is 1. The molecule has 8 heteroatoms. The lowest BCUT2D eigenvalue weighted by Gasteiger charge is -2.07. The monoisotopic (exact) mass is 388 g/mol. The molecule has 0 saturated heterocycles. The highest BCUT2D eigenvalue weighted by atomic mass is 32.2. The van der Waals surface area contributed by atoms with Crippen LogP contribution in [-0.2, 0) is 16.0 Å². The summed E-state index contributed by atoms with van der Waals surface area (Å²) in [5.74, 6) is -0.854. The quantitative estimate of drug-likeness (QED) is 0.306. The highest BCUT2D eigenvalue weighted by Crippen LogP contribution is 2.30. The normalized spacial score (nSPS) is 10.3. The molecule has 0 bridgehead atoms. The van der Waals surface area contributed by atoms with E-state index in [0.29, 0.717) is 17.9 Å². The van der Waals surface area contributed by atoms with Crippen molar-refractivity contribution in [3.63, 3.8) is 0 Å². The number of hydrogen-bond acceptors (Lipinski definition) is 6. The first-order valence-corrected chi connectivity index (χ1v) is 9.38. The van der Waals surface area contributed by atoms with Crippen LogP contribution in [0.2, 0.25) is 0 Å². The van der Waals surface area contributed by atoms with Crippen molar-refractivity contribution in [3.8, 4) is 0 Å². The van der Waals surface area contributed by atoms with Gasteiger partial charge in [-0.15, -0.1) is 11.8 Å². The SMILES string of the molecule is CCOC(=O)CSc1ccc(C(=O)NCCc2ccccc2)cc1[N+](=O)[O-]. The van der Waals surface area contributed by atoms with E-state index in [9.17, 15) is 19.7 Å². The van der Waals surface area contributed by atoms with Crippen LogP contribution in [0.3, 0.4) is 0 Å². The average molecular weight is 388 g/mol. The number of rotatable bonds is 9. The van der Waals surface area contributed by atoms with Gasteiger partial charge in [-0.2, -0.15) is 0 Å². The van der Waals surface area contributed by atoms with E-state index in [4.69, 9.17) is 4.74 Å². The maximum atomic E-state index is 12.3. The van der Waals surface area contributed by atoms with Gasteiger partial charge in [0, 0.05) is 18.2 Å². The van der Waals surface area contributed by atoms with Crippen molar-refractivity contribution in [2.45, 2.75) is 18.2 Å². The van der Waals surface area contributed by atoms with E-state index >= 15 is 0 Å². The van der Waals surface area contributed by atoms with Gasteiger partial charge in [0.1, 0.15) is 0 Å². The molecule has 0 saturated carbocycles. The lowest BCUT2D eigenvalue weighted by atomic mass is 10.1. The Morgan fingerprint density at radius 3 is 2.59 bits per heavy atom. The van der Waals surface area contributed by atoms with Crippen molar-refractivity contribution >= 4 is 29.3 Å². The van der Waals surface area contributed by atoms with Gasteiger partial charge in [0.05, 0.1) is 22.2 Å². The standard InChI is InChI=1S/C19H20N2O5S/c1-2-26-18(22)13-27-17-9-8-15(12-16(17)21(24)25)19(23)20-11-10-14-6-4-3-5-7-14/h3-9,12H,2,10-11,13H2,1H3,(H,20,23). The Morgan fingerprint density at radius 1 is 1.19 bits per heavy atom. The first kappa shape index (κ1) is 20.4. The van der Waals surface area contributed by atoms with Gasteiger partial charge in [-0.05, 0) is 31.0 Å². The van der Waals surface area contributed by atoms with Crippen molar-refractivity contribution in [2.24, 2.45) is 0 Å². The van der Waals surface area contributed by atoms with Crippen LogP contribution in [0.25, 0.3) is 0 Å². The smallest absolute Gasteiger partial charge is 0.316 e. The van der Waals surface area contributed by atoms with Crippen LogP contribution in [0.5, 0.6) is 0 Å². The van der Waals surface area contributed by atoms with E-state index in [1.807, 2.05) is 30.3 Å². The number of carbonyl (C=O) groups excluding carboxylic acids is 2. The second kappa shape index (κ2) is 10.3. The Hall–Kier alpha value is -2.87. The fraction of sp³-hybridized carbons (Fsp3) is 0.263. The predicted octanol–water partition coefficient (Wildman–Crippen LogP) is 3.22. The number of nitrogens with zero attached hydrogens (tertiary/aromatic N) is 1. The van der Waals surface area contributed by atoms with E-state index in [1.165, 1.54) is 18.2 Å². The third kappa shape index (κ3) is 6.41. The summed E-state index contributed by atoms with van der Waals surface area (Å²) in [4.78, 5) is 34.8. The third-order valence-electron chi connectivity index (χ3n) is 3.61. The fourth-order valence-corrected chi connectivity index (χ4v) is 3.13. The minimum Gasteiger partial charge on any atom is -0.465 e. The number of nitro benzene ring substituents is 1. The van der Waals surface area contributed by atoms with E-state index in [2.05, 4.69) is 5.32 Å². The summed E-state index contributed by atoms with van der Waals surface area (Å²) in [5, 5.41) is 14.1. The molecule has 0 radical (unpaired) electrons. The maximum absolute atomic E-state index is 12.3. The Labute approximate surface area is 161 Å². The molecule has 0 aromatic heterocycles. The number of nitrogens with one attached hydrogen (secondary N) is 1. The zero-order valence-corrected chi connectivity index (χ0v) is 15.7. The highest BCUT2D eigenvalue weighted by Gasteiger charge is 2.19. The molecule has 1 amide bonds. The second-order valence-electron chi connectivity index (χ2n) is 5.52. The second-order valence-corrected chi connectivity index (χ2v) is 6.54. The molecular weight excluding hydrogens is 368 g/mol. The van der Waals surface area contributed by atoms with Crippen LogP contribution in [-0.4, -0.2) is 35.7 Å². The van der Waals surface area contributed by atoms with Crippen LogP contribution in [0.4, 0.5) is 5.69 Å². The summed E-state index contributed by atoms with van der Waals surface area (Å²) in [6.07, 6.45) is 0.669. The average Bonchev–Trinajstić information content (AvgIpc) is 2.67. The zero-order chi connectivity index (χ0) is 19.6. The first-order chi connectivity index (χ1) is 13.0. The van der Waals surface area contributed by atoms with Crippen molar-refractivity contribution in [1.29, 1.82) is 0 Å². The van der Waals surface area contributed by atoms with Gasteiger partial charge in [-0.1, -0.05) is 30.3 Å². The number of amides is 1. The summed E-state index contributed by atoms with van der Waals surface area (Å²) >= 11 is 1.01. The molecule has 0 spiro atoms. The molecule has 7 nitrogen and oxygen atoms in total. The van der Waals surface area contributed by atoms with Gasteiger partial charge < -0.3 is 10.1 Å². The minimum absolute atomic E-state index is 0.0305. The molecule has 0 aliphatic rings. The number of ether oxygens (including phenoxy) is 1. The van der Waals surface area contributed by atoms with Crippen molar-refractivity contribution in [1.82, 2.24) is 5.32 Å². The first-order valence-electron chi connectivity index (χ1n) is 8.40. The van der Waals surface area contributed by atoms with Gasteiger partial charge in [-0.3, -0.25) is 19.7 Å². The number of benzene rings is 2. The topological polar surface area (TPSA) is 98.5 Å². The van der Waals surface area contributed by atoms with Crippen molar-refractivity contribution < 1.29 is 19.2 Å². The van der Waals surface area contributed by atoms with E-state index in [1.54, 1.807) is 6.92 Å². The molecule has 0 aliphatic carbocycles. The molecule has 27 heavy (non-hydrogen) atoms. The molecule has 2 aromatic rings. The molecule has 2 aromatic carbocycles. The summed E-state index contributed by atoms with van der Waals surface area (Å²) in [7, 11) is 0. The Kier molecular flexibility index (Phi) is 7.81. The van der Waals surface area contributed by atoms with Crippen LogP contribution in [0.15, 0.2) is 53.4 Å². The molecule has 0 fully saturated rings. The molecular formula is C19H20N2O5S. The summed E-state index contributed by atoms with van der Waals surface area (Å²) in [5.41, 5.74) is 1.09. The van der Waals surface area contributed by atoms with Gasteiger partial charge in [0.25, 0.3) is 11.6 Å². The lowest BCUT2D eigenvalue weighted by Crippen LogP contribution is -2.25. The molecule has 0 atom stereocenters. The van der Waals surface area contributed by atoms with Gasteiger partial charge >= 0.3 is 5.97 Å². The Balaban J connectivity index is 2.00. The molecule has 0 unspecified atom stereocenters. The summed E-state index contributed by atoms with van der Waals surface area (Å²) in [6, 6.07) is 13.9. The summed E-state index contributed by atoms with van der Waals surface area (Å²) in [6.45, 7) is 2.37. The lowest BCUT2D eigenvalue weighted by molar-refractivity contribution is -0.387. The number of hydrogen-bond donors (Lipinski definition) is 1. The van der Waals surface area contributed by atoms with Gasteiger partial charge in [0.15, 0.2) is 0 Å². The Morgan fingerprint density at radius 2 is 1.93 bits per heavy atom. The molecule has 2 rings (SSSR count). The van der Waals surface area contributed by atoms with Crippen molar-refractivity contribution in [3.05, 3.63) is 69.8 Å². The molecule has 1 N–H and O–H groups in total. The van der Waals surface area contributed by atoms with Crippen LogP contribution >= 0.6 is 11.8 Å². The molecule has 0 aliphatic heterocycles. The largest absolute Gasteiger partial charge is 0.465 e. The predicted molar refractivity (Wildman–Crippen MR) is 103 cm³/mol. The summed E-state index contributed by atoms with van der Waals surface area (Å²) < 4.78 is 4.81. The van der Waals surface area contributed by atoms with Gasteiger partial charge in [-0.25, -0.2) is 0 Å². The Bertz CT molecular complexity index is 811. The van der Waals surface area contributed by atoms with E-state index < -0.39 is 10.9 Å². The van der Waals surface area contributed by atoms with Crippen LogP contribution < -0.4 is 5.32 Å². The molecule has 142 valence electrons. The van der Waals surface area contributed by atoms with E-state index in [-0.39, 0.29) is 29.5 Å². The van der Waals surface area contributed by atoms with Crippen LogP contribution in [0, 0.1) is 10.1 Å². The zero-order valence-electron chi connectivity index (χ0n) is 14.8. The minimum atomic E-state index is -0.561. The number of carbonyl (C=O) groups is 2. The fourth-order valence-electron chi connectivity index (χ4n) is 2.33. The maximum Gasteiger partial charge on any atom is 0.316 e. The highest BCUT2D eigenvalue weighted by molar-refractivity contribution is 8.00. The number of esters is 1. The van der Waals surface area contributed by atoms with Crippen LogP contribution in [0.1, 0.15) is 22.8 Å². The molecule has 0 heterocycles.